The van der Waals surface area contributed by atoms with E-state index >= 15 is 0 Å². The van der Waals surface area contributed by atoms with E-state index in [1.807, 2.05) is 12.1 Å². The SMILES string of the molecule is COc1cc([C@@H](N)C2CC2)cc(OC)c1OC.Cl. The van der Waals surface area contributed by atoms with Crippen LogP contribution in [0.1, 0.15) is 24.4 Å². The average Bonchev–Trinajstić information content (AvgIpc) is 3.20. The second kappa shape index (κ2) is 6.16. The van der Waals surface area contributed by atoms with Gasteiger partial charge in [-0.25, -0.2) is 0 Å². The van der Waals surface area contributed by atoms with Crippen LogP contribution in [-0.4, -0.2) is 21.3 Å². The number of ether oxygens (including phenoxy) is 3. The standard InChI is InChI=1S/C13H19NO3.ClH/c1-15-10-6-9(12(14)8-4-5-8)7-11(16-2)13(10)17-3;/h6-8,12H,4-5,14H2,1-3H3;1H/t12-;/m0./s1. The molecule has 102 valence electrons. The highest BCUT2D eigenvalue weighted by Crippen LogP contribution is 2.44. The molecular formula is C13H20ClNO3. The van der Waals surface area contributed by atoms with Crippen molar-refractivity contribution in [2.24, 2.45) is 11.7 Å². The highest BCUT2D eigenvalue weighted by molar-refractivity contribution is 5.85. The molecule has 1 aliphatic carbocycles. The molecule has 0 aromatic heterocycles. The van der Waals surface area contributed by atoms with Crippen LogP contribution in [-0.2, 0) is 0 Å². The zero-order valence-corrected chi connectivity index (χ0v) is 11.8. The molecular weight excluding hydrogens is 254 g/mol. The van der Waals surface area contributed by atoms with Gasteiger partial charge in [0, 0.05) is 6.04 Å². The average molecular weight is 274 g/mol. The maximum absolute atomic E-state index is 6.19. The van der Waals surface area contributed by atoms with Crippen molar-refractivity contribution in [3.05, 3.63) is 17.7 Å². The Morgan fingerprint density at radius 2 is 1.56 bits per heavy atom. The Hall–Kier alpha value is -1.13. The van der Waals surface area contributed by atoms with Crippen molar-refractivity contribution in [2.45, 2.75) is 18.9 Å². The van der Waals surface area contributed by atoms with Crippen LogP contribution >= 0.6 is 12.4 Å². The first-order chi connectivity index (χ1) is 8.21. The van der Waals surface area contributed by atoms with Crippen LogP contribution < -0.4 is 19.9 Å². The third kappa shape index (κ3) is 2.82. The van der Waals surface area contributed by atoms with E-state index in [2.05, 4.69) is 0 Å². The number of halogens is 1. The molecule has 2 rings (SSSR count). The predicted molar refractivity (Wildman–Crippen MR) is 73.0 cm³/mol. The van der Waals surface area contributed by atoms with Crippen molar-refractivity contribution in [2.75, 3.05) is 21.3 Å². The van der Waals surface area contributed by atoms with Gasteiger partial charge in [-0.1, -0.05) is 0 Å². The van der Waals surface area contributed by atoms with Gasteiger partial charge in [-0.05, 0) is 36.5 Å². The summed E-state index contributed by atoms with van der Waals surface area (Å²) in [6.45, 7) is 0. The Balaban J connectivity index is 0.00000162. The van der Waals surface area contributed by atoms with Gasteiger partial charge in [0.1, 0.15) is 0 Å². The van der Waals surface area contributed by atoms with E-state index < -0.39 is 0 Å². The van der Waals surface area contributed by atoms with Crippen molar-refractivity contribution >= 4 is 12.4 Å². The Kier molecular flexibility index (Phi) is 5.11. The maximum atomic E-state index is 6.19. The Morgan fingerprint density at radius 3 is 1.89 bits per heavy atom. The normalized spacial score (nSPS) is 15.6. The number of hydrogen-bond donors (Lipinski definition) is 1. The second-order valence-electron chi connectivity index (χ2n) is 4.32. The zero-order chi connectivity index (χ0) is 12.4. The summed E-state index contributed by atoms with van der Waals surface area (Å²) in [5.41, 5.74) is 7.23. The maximum Gasteiger partial charge on any atom is 0.203 e. The molecule has 1 aliphatic rings. The quantitative estimate of drug-likeness (QED) is 0.896. The molecule has 0 heterocycles. The molecule has 4 nitrogen and oxygen atoms in total. The summed E-state index contributed by atoms with van der Waals surface area (Å²) in [7, 11) is 4.83. The Labute approximate surface area is 114 Å². The molecule has 1 fully saturated rings. The molecule has 0 amide bonds. The number of benzene rings is 1. The first-order valence-electron chi connectivity index (χ1n) is 5.76. The number of hydrogen-bond acceptors (Lipinski definition) is 4. The van der Waals surface area contributed by atoms with Gasteiger partial charge < -0.3 is 19.9 Å². The van der Waals surface area contributed by atoms with Crippen LogP contribution in [0.5, 0.6) is 17.2 Å². The second-order valence-corrected chi connectivity index (χ2v) is 4.32. The molecule has 5 heteroatoms. The molecule has 1 saturated carbocycles. The molecule has 1 aromatic rings. The van der Waals surface area contributed by atoms with Crippen molar-refractivity contribution in [3.8, 4) is 17.2 Å². The molecule has 0 radical (unpaired) electrons. The zero-order valence-electron chi connectivity index (χ0n) is 10.9. The van der Waals surface area contributed by atoms with Crippen LogP contribution in [0.15, 0.2) is 12.1 Å². The third-order valence-corrected chi connectivity index (χ3v) is 3.20. The van der Waals surface area contributed by atoms with Gasteiger partial charge in [0.25, 0.3) is 0 Å². The monoisotopic (exact) mass is 273 g/mol. The molecule has 0 spiro atoms. The fourth-order valence-electron chi connectivity index (χ4n) is 2.02. The van der Waals surface area contributed by atoms with E-state index in [1.54, 1.807) is 21.3 Å². The number of rotatable bonds is 5. The lowest BCUT2D eigenvalue weighted by molar-refractivity contribution is 0.323. The van der Waals surface area contributed by atoms with Gasteiger partial charge in [-0.3, -0.25) is 0 Å². The summed E-state index contributed by atoms with van der Waals surface area (Å²) in [6.07, 6.45) is 2.41. The lowest BCUT2D eigenvalue weighted by Gasteiger charge is -2.17. The van der Waals surface area contributed by atoms with E-state index in [-0.39, 0.29) is 18.4 Å². The largest absolute Gasteiger partial charge is 0.493 e. The van der Waals surface area contributed by atoms with Gasteiger partial charge >= 0.3 is 0 Å². The lowest BCUT2D eigenvalue weighted by atomic mass is 10.0. The molecule has 2 N–H and O–H groups in total. The topological polar surface area (TPSA) is 53.7 Å². The minimum Gasteiger partial charge on any atom is -0.493 e. The minimum absolute atomic E-state index is 0. The number of methoxy groups -OCH3 is 3. The molecule has 1 atom stereocenters. The van der Waals surface area contributed by atoms with Gasteiger partial charge in [0.2, 0.25) is 5.75 Å². The van der Waals surface area contributed by atoms with Gasteiger partial charge in [-0.15, -0.1) is 12.4 Å². The summed E-state index contributed by atoms with van der Waals surface area (Å²) in [4.78, 5) is 0. The molecule has 1 aromatic carbocycles. The molecule has 18 heavy (non-hydrogen) atoms. The van der Waals surface area contributed by atoms with Crippen molar-refractivity contribution in [1.29, 1.82) is 0 Å². The molecule has 0 aliphatic heterocycles. The highest BCUT2D eigenvalue weighted by atomic mass is 35.5. The van der Waals surface area contributed by atoms with Gasteiger partial charge in [0.05, 0.1) is 21.3 Å². The molecule has 0 bridgehead atoms. The van der Waals surface area contributed by atoms with Crippen LogP contribution in [0.4, 0.5) is 0 Å². The van der Waals surface area contributed by atoms with Crippen LogP contribution in [0.2, 0.25) is 0 Å². The third-order valence-electron chi connectivity index (χ3n) is 3.20. The summed E-state index contributed by atoms with van der Waals surface area (Å²) in [5, 5.41) is 0. The van der Waals surface area contributed by atoms with E-state index in [4.69, 9.17) is 19.9 Å². The first-order valence-corrected chi connectivity index (χ1v) is 5.76. The molecule has 0 saturated heterocycles. The van der Waals surface area contributed by atoms with Crippen molar-refractivity contribution in [1.82, 2.24) is 0 Å². The minimum atomic E-state index is 0. The summed E-state index contributed by atoms with van der Waals surface area (Å²) in [5.74, 6) is 2.54. The van der Waals surface area contributed by atoms with Gasteiger partial charge in [0.15, 0.2) is 11.5 Å². The van der Waals surface area contributed by atoms with E-state index in [0.29, 0.717) is 23.2 Å². The summed E-state index contributed by atoms with van der Waals surface area (Å²) < 4.78 is 15.9. The van der Waals surface area contributed by atoms with Crippen LogP contribution in [0.25, 0.3) is 0 Å². The fraction of sp³-hybridized carbons (Fsp3) is 0.538. The van der Waals surface area contributed by atoms with Crippen LogP contribution in [0.3, 0.4) is 0 Å². The Bertz CT molecular complexity index is 382. The van der Waals surface area contributed by atoms with E-state index in [1.165, 1.54) is 12.8 Å². The van der Waals surface area contributed by atoms with E-state index in [0.717, 1.165) is 5.56 Å². The fourth-order valence-corrected chi connectivity index (χ4v) is 2.02. The first kappa shape index (κ1) is 14.9. The Morgan fingerprint density at radius 1 is 1.06 bits per heavy atom. The summed E-state index contributed by atoms with van der Waals surface area (Å²) in [6, 6.07) is 3.93. The highest BCUT2D eigenvalue weighted by Gasteiger charge is 2.30. The molecule has 0 unspecified atom stereocenters. The number of nitrogens with two attached hydrogens (primary N) is 1. The van der Waals surface area contributed by atoms with Crippen molar-refractivity contribution in [3.63, 3.8) is 0 Å². The van der Waals surface area contributed by atoms with Crippen molar-refractivity contribution < 1.29 is 14.2 Å². The summed E-state index contributed by atoms with van der Waals surface area (Å²) >= 11 is 0. The lowest BCUT2D eigenvalue weighted by Crippen LogP contribution is -2.12. The smallest absolute Gasteiger partial charge is 0.203 e. The van der Waals surface area contributed by atoms with E-state index in [9.17, 15) is 0 Å². The van der Waals surface area contributed by atoms with Crippen LogP contribution in [0, 0.1) is 5.92 Å². The van der Waals surface area contributed by atoms with Gasteiger partial charge in [-0.2, -0.15) is 0 Å². The predicted octanol–water partition coefficient (Wildman–Crippen LogP) is 2.54.